The van der Waals surface area contributed by atoms with Gasteiger partial charge in [-0.2, -0.15) is 0 Å². The molecule has 2 amide bonds. The number of nitrogens with zero attached hydrogens (tertiary/aromatic N) is 1. The lowest BCUT2D eigenvalue weighted by atomic mass is 10.4. The van der Waals surface area contributed by atoms with Crippen LogP contribution in [-0.2, 0) is 9.59 Å². The average Bonchev–Trinajstić information content (AvgIpc) is 2.67. The fraction of sp³-hybridized carbons (Fsp3) is 0.600. The third-order valence-corrected chi connectivity index (χ3v) is 2.19. The minimum absolute atomic E-state index is 0.0142. The van der Waals surface area contributed by atoms with Crippen LogP contribution in [0.5, 0.6) is 0 Å². The summed E-state index contributed by atoms with van der Waals surface area (Å²) in [7, 11) is 0. The van der Waals surface area contributed by atoms with E-state index >= 15 is 0 Å². The highest BCUT2D eigenvalue weighted by Crippen LogP contribution is 2.06. The van der Waals surface area contributed by atoms with Gasteiger partial charge in [-0.3, -0.25) is 9.59 Å². The van der Waals surface area contributed by atoms with Gasteiger partial charge in [-0.05, 0) is 25.8 Å². The predicted octanol–water partition coefficient (Wildman–Crippen LogP) is 0.301. The molecule has 0 aromatic heterocycles. The molecule has 0 aliphatic carbocycles. The van der Waals surface area contributed by atoms with Gasteiger partial charge in [0.15, 0.2) is 0 Å². The van der Waals surface area contributed by atoms with Crippen LogP contribution in [0, 0.1) is 0 Å². The van der Waals surface area contributed by atoms with Crippen LogP contribution in [0.2, 0.25) is 0 Å². The van der Waals surface area contributed by atoms with Crippen molar-refractivity contribution in [2.45, 2.75) is 19.8 Å². The van der Waals surface area contributed by atoms with E-state index in [4.69, 9.17) is 0 Å². The molecule has 1 rings (SSSR count). The molecule has 1 saturated heterocycles. The molecule has 0 unspecified atom stereocenters. The van der Waals surface area contributed by atoms with Crippen LogP contribution in [0.4, 0.5) is 0 Å². The third-order valence-electron chi connectivity index (χ3n) is 2.19. The molecule has 0 radical (unpaired) electrons. The molecule has 0 bridgehead atoms. The average molecular weight is 196 g/mol. The van der Waals surface area contributed by atoms with Gasteiger partial charge in [-0.25, -0.2) is 0 Å². The Morgan fingerprint density at radius 2 is 2.00 bits per heavy atom. The van der Waals surface area contributed by atoms with Gasteiger partial charge in [0.1, 0.15) is 0 Å². The molecular formula is C10H16N2O2. The summed E-state index contributed by atoms with van der Waals surface area (Å²) >= 11 is 0. The summed E-state index contributed by atoms with van der Waals surface area (Å²) < 4.78 is 0. The Kier molecular flexibility index (Phi) is 4.16. The zero-order valence-electron chi connectivity index (χ0n) is 8.45. The van der Waals surface area contributed by atoms with E-state index in [1.54, 1.807) is 17.9 Å². The van der Waals surface area contributed by atoms with Crippen LogP contribution in [0.15, 0.2) is 12.2 Å². The van der Waals surface area contributed by atoms with Gasteiger partial charge in [0, 0.05) is 13.1 Å². The van der Waals surface area contributed by atoms with Crippen molar-refractivity contribution in [3.8, 4) is 0 Å². The molecule has 4 heteroatoms. The molecule has 0 spiro atoms. The van der Waals surface area contributed by atoms with Gasteiger partial charge in [-0.1, -0.05) is 6.08 Å². The van der Waals surface area contributed by atoms with E-state index in [0.717, 1.165) is 25.9 Å². The molecule has 0 saturated carbocycles. The van der Waals surface area contributed by atoms with Crippen molar-refractivity contribution in [3.05, 3.63) is 12.2 Å². The van der Waals surface area contributed by atoms with Gasteiger partial charge in [0.25, 0.3) is 0 Å². The number of carbonyl (C=O) groups is 2. The first kappa shape index (κ1) is 10.8. The van der Waals surface area contributed by atoms with Crippen LogP contribution in [-0.4, -0.2) is 36.3 Å². The minimum atomic E-state index is -0.208. The van der Waals surface area contributed by atoms with E-state index in [1.165, 1.54) is 6.08 Å². The van der Waals surface area contributed by atoms with Gasteiger partial charge in [0.05, 0.1) is 6.54 Å². The van der Waals surface area contributed by atoms with Gasteiger partial charge in [-0.15, -0.1) is 0 Å². The topological polar surface area (TPSA) is 49.4 Å². The number of nitrogens with one attached hydrogen (secondary N) is 1. The van der Waals surface area contributed by atoms with Crippen molar-refractivity contribution in [3.63, 3.8) is 0 Å². The Bertz CT molecular complexity index is 243. The fourth-order valence-corrected chi connectivity index (χ4v) is 1.45. The molecule has 0 aromatic rings. The molecule has 1 N–H and O–H groups in total. The number of likely N-dealkylation sites (tertiary alicyclic amines) is 1. The minimum Gasteiger partial charge on any atom is -0.343 e. The van der Waals surface area contributed by atoms with Crippen molar-refractivity contribution >= 4 is 11.8 Å². The maximum absolute atomic E-state index is 11.4. The molecule has 1 fully saturated rings. The van der Waals surface area contributed by atoms with Crippen molar-refractivity contribution in [1.82, 2.24) is 10.2 Å². The van der Waals surface area contributed by atoms with Crippen molar-refractivity contribution in [2.75, 3.05) is 19.6 Å². The van der Waals surface area contributed by atoms with Crippen LogP contribution >= 0.6 is 0 Å². The summed E-state index contributed by atoms with van der Waals surface area (Å²) in [5.74, 6) is -0.194. The monoisotopic (exact) mass is 196 g/mol. The standard InChI is InChI=1S/C10H16N2O2/c1-2-5-9(13)11-8-10(14)12-6-3-4-7-12/h2,5H,3-4,6-8H2,1H3,(H,11,13)/b5-2+. The third kappa shape index (κ3) is 3.20. The van der Waals surface area contributed by atoms with Gasteiger partial charge < -0.3 is 10.2 Å². The normalized spacial score (nSPS) is 16.2. The highest BCUT2D eigenvalue weighted by molar-refractivity contribution is 5.91. The van der Waals surface area contributed by atoms with Crippen molar-refractivity contribution in [1.29, 1.82) is 0 Å². The van der Waals surface area contributed by atoms with Crippen LogP contribution in [0.1, 0.15) is 19.8 Å². The summed E-state index contributed by atoms with van der Waals surface area (Å²) in [6, 6.07) is 0. The van der Waals surface area contributed by atoms with E-state index in [0.29, 0.717) is 0 Å². The number of rotatable bonds is 3. The van der Waals surface area contributed by atoms with E-state index < -0.39 is 0 Å². The van der Waals surface area contributed by atoms with E-state index in [-0.39, 0.29) is 18.4 Å². The highest BCUT2D eigenvalue weighted by atomic mass is 16.2. The fourth-order valence-electron chi connectivity index (χ4n) is 1.45. The number of carbonyl (C=O) groups excluding carboxylic acids is 2. The lowest BCUT2D eigenvalue weighted by Crippen LogP contribution is -2.38. The first-order valence-electron chi connectivity index (χ1n) is 4.92. The predicted molar refractivity (Wildman–Crippen MR) is 53.6 cm³/mol. The van der Waals surface area contributed by atoms with E-state index in [2.05, 4.69) is 5.32 Å². The Balaban J connectivity index is 2.23. The van der Waals surface area contributed by atoms with Gasteiger partial charge >= 0.3 is 0 Å². The maximum atomic E-state index is 11.4. The number of amides is 2. The second-order valence-electron chi connectivity index (χ2n) is 3.31. The molecule has 1 aliphatic heterocycles. The van der Waals surface area contributed by atoms with Crippen molar-refractivity contribution in [2.24, 2.45) is 0 Å². The van der Waals surface area contributed by atoms with E-state index in [9.17, 15) is 9.59 Å². The zero-order valence-corrected chi connectivity index (χ0v) is 8.45. The van der Waals surface area contributed by atoms with E-state index in [1.807, 2.05) is 0 Å². The molecular weight excluding hydrogens is 180 g/mol. The molecule has 14 heavy (non-hydrogen) atoms. The highest BCUT2D eigenvalue weighted by Gasteiger charge is 2.17. The molecule has 0 aromatic carbocycles. The summed E-state index contributed by atoms with van der Waals surface area (Å²) in [5.41, 5.74) is 0. The first-order valence-corrected chi connectivity index (χ1v) is 4.92. The lowest BCUT2D eigenvalue weighted by molar-refractivity contribution is -0.131. The first-order chi connectivity index (χ1) is 6.74. The SMILES string of the molecule is C/C=C/C(=O)NCC(=O)N1CCCC1. The summed E-state index contributed by atoms with van der Waals surface area (Å²) in [6.07, 6.45) is 5.22. The largest absolute Gasteiger partial charge is 0.343 e. The van der Waals surface area contributed by atoms with Gasteiger partial charge in [0.2, 0.25) is 11.8 Å². The lowest BCUT2D eigenvalue weighted by Gasteiger charge is -2.14. The molecule has 1 aliphatic rings. The van der Waals surface area contributed by atoms with Crippen LogP contribution < -0.4 is 5.32 Å². The maximum Gasteiger partial charge on any atom is 0.244 e. The number of allylic oxidation sites excluding steroid dienone is 1. The smallest absolute Gasteiger partial charge is 0.244 e. The molecule has 1 heterocycles. The molecule has 4 nitrogen and oxygen atoms in total. The molecule has 78 valence electrons. The quantitative estimate of drug-likeness (QED) is 0.660. The van der Waals surface area contributed by atoms with Crippen LogP contribution in [0.3, 0.4) is 0 Å². The molecule has 0 atom stereocenters. The number of hydrogen-bond donors (Lipinski definition) is 1. The number of hydrogen-bond acceptors (Lipinski definition) is 2. The summed E-state index contributed by atoms with van der Waals surface area (Å²) in [6.45, 7) is 3.54. The Hall–Kier alpha value is -1.32. The van der Waals surface area contributed by atoms with Crippen molar-refractivity contribution < 1.29 is 9.59 Å². The Morgan fingerprint density at radius 3 is 2.57 bits per heavy atom. The second-order valence-corrected chi connectivity index (χ2v) is 3.31. The summed E-state index contributed by atoms with van der Waals surface area (Å²) in [5, 5.41) is 2.54. The second kappa shape index (κ2) is 5.42. The Labute approximate surface area is 84.0 Å². The Morgan fingerprint density at radius 1 is 1.36 bits per heavy atom. The van der Waals surface area contributed by atoms with Crippen LogP contribution in [0.25, 0.3) is 0 Å². The summed E-state index contributed by atoms with van der Waals surface area (Å²) in [4.78, 5) is 24.2. The zero-order chi connectivity index (χ0) is 10.4.